The third-order valence-electron chi connectivity index (χ3n) is 2.63. The Balaban J connectivity index is 1.76. The van der Waals surface area contributed by atoms with Gasteiger partial charge in [0.25, 0.3) is 0 Å². The average molecular weight is 225 g/mol. The summed E-state index contributed by atoms with van der Waals surface area (Å²) in [6.07, 6.45) is 2.57. The van der Waals surface area contributed by atoms with E-state index in [1.807, 2.05) is 0 Å². The highest BCUT2D eigenvalue weighted by molar-refractivity contribution is 5.74. The van der Waals surface area contributed by atoms with Crippen molar-refractivity contribution in [3.63, 3.8) is 0 Å². The van der Waals surface area contributed by atoms with E-state index in [9.17, 15) is 4.79 Å². The minimum absolute atomic E-state index is 0.293. The van der Waals surface area contributed by atoms with E-state index < -0.39 is 12.0 Å². The van der Waals surface area contributed by atoms with Crippen LogP contribution in [0.1, 0.15) is 24.6 Å². The average Bonchev–Trinajstić information content (AvgIpc) is 2.97. The van der Waals surface area contributed by atoms with E-state index in [4.69, 9.17) is 9.63 Å². The molecule has 1 atom stereocenters. The van der Waals surface area contributed by atoms with Gasteiger partial charge in [0.15, 0.2) is 5.82 Å². The molecule has 0 aliphatic heterocycles. The maximum Gasteiger partial charge on any atom is 0.320 e. The summed E-state index contributed by atoms with van der Waals surface area (Å²) < 4.78 is 4.93. The Hall–Kier alpha value is -1.43. The minimum Gasteiger partial charge on any atom is -0.480 e. The predicted molar refractivity (Wildman–Crippen MR) is 54.9 cm³/mol. The van der Waals surface area contributed by atoms with Crippen molar-refractivity contribution >= 4 is 5.97 Å². The molecular formula is C10H15N3O3. The molecule has 2 rings (SSSR count). The Morgan fingerprint density at radius 2 is 2.44 bits per heavy atom. The first-order valence-corrected chi connectivity index (χ1v) is 5.42. The SMILES string of the molecule is Cc1noc(CCNC(C(=O)O)C2CC2)n1. The topological polar surface area (TPSA) is 88.2 Å². The normalized spacial score (nSPS) is 17.3. The second kappa shape index (κ2) is 4.61. The van der Waals surface area contributed by atoms with Crippen molar-refractivity contribution in [3.8, 4) is 0 Å². The van der Waals surface area contributed by atoms with Gasteiger partial charge in [-0.1, -0.05) is 5.16 Å². The summed E-state index contributed by atoms with van der Waals surface area (Å²) in [5.41, 5.74) is 0. The Morgan fingerprint density at radius 1 is 1.69 bits per heavy atom. The number of carboxylic acid groups (broad SMARTS) is 1. The number of hydrogen-bond donors (Lipinski definition) is 2. The van der Waals surface area contributed by atoms with Crippen molar-refractivity contribution < 1.29 is 14.4 Å². The summed E-state index contributed by atoms with van der Waals surface area (Å²) in [4.78, 5) is 15.0. The van der Waals surface area contributed by atoms with Gasteiger partial charge in [-0.05, 0) is 25.7 Å². The van der Waals surface area contributed by atoms with Crippen LogP contribution in [-0.4, -0.2) is 33.8 Å². The maximum absolute atomic E-state index is 10.9. The van der Waals surface area contributed by atoms with Gasteiger partial charge in [-0.25, -0.2) is 0 Å². The fourth-order valence-electron chi connectivity index (χ4n) is 1.66. The molecule has 0 aromatic carbocycles. The second-order valence-corrected chi connectivity index (χ2v) is 4.09. The lowest BCUT2D eigenvalue weighted by Crippen LogP contribution is -2.39. The summed E-state index contributed by atoms with van der Waals surface area (Å²) >= 11 is 0. The molecule has 6 heteroatoms. The van der Waals surface area contributed by atoms with Gasteiger partial charge in [0.1, 0.15) is 6.04 Å². The van der Waals surface area contributed by atoms with Crippen molar-refractivity contribution in [2.75, 3.05) is 6.54 Å². The number of aryl methyl sites for hydroxylation is 1. The van der Waals surface area contributed by atoms with Crippen LogP contribution in [0.5, 0.6) is 0 Å². The van der Waals surface area contributed by atoms with E-state index in [1.54, 1.807) is 6.92 Å². The van der Waals surface area contributed by atoms with Crippen molar-refractivity contribution in [1.82, 2.24) is 15.5 Å². The van der Waals surface area contributed by atoms with Gasteiger partial charge in [0.2, 0.25) is 5.89 Å². The molecular weight excluding hydrogens is 210 g/mol. The van der Waals surface area contributed by atoms with Crippen molar-refractivity contribution in [1.29, 1.82) is 0 Å². The standard InChI is InChI=1S/C10H15N3O3/c1-6-12-8(16-13-6)4-5-11-9(10(14)15)7-2-3-7/h7,9,11H,2-5H2,1H3,(H,14,15). The summed E-state index contributed by atoms with van der Waals surface area (Å²) in [6.45, 7) is 2.31. The van der Waals surface area contributed by atoms with Gasteiger partial charge < -0.3 is 14.9 Å². The molecule has 1 heterocycles. The van der Waals surface area contributed by atoms with Crippen LogP contribution >= 0.6 is 0 Å². The van der Waals surface area contributed by atoms with E-state index in [0.717, 1.165) is 12.8 Å². The lowest BCUT2D eigenvalue weighted by molar-refractivity contribution is -0.140. The summed E-state index contributed by atoms with van der Waals surface area (Å²) in [5.74, 6) is 0.669. The largest absolute Gasteiger partial charge is 0.480 e. The molecule has 6 nitrogen and oxygen atoms in total. The van der Waals surface area contributed by atoms with Crippen LogP contribution in [0.3, 0.4) is 0 Å². The fourth-order valence-corrected chi connectivity index (χ4v) is 1.66. The Morgan fingerprint density at radius 3 is 2.94 bits per heavy atom. The summed E-state index contributed by atoms with van der Waals surface area (Å²) in [7, 11) is 0. The molecule has 1 aromatic rings. The molecule has 1 fully saturated rings. The second-order valence-electron chi connectivity index (χ2n) is 4.09. The quantitative estimate of drug-likeness (QED) is 0.727. The van der Waals surface area contributed by atoms with E-state index in [-0.39, 0.29) is 0 Å². The zero-order chi connectivity index (χ0) is 11.5. The number of carboxylic acids is 1. The van der Waals surface area contributed by atoms with Crippen LogP contribution in [0.15, 0.2) is 4.52 Å². The van der Waals surface area contributed by atoms with Gasteiger partial charge in [-0.15, -0.1) is 0 Å². The molecule has 0 saturated heterocycles. The van der Waals surface area contributed by atoms with E-state index in [2.05, 4.69) is 15.5 Å². The molecule has 0 spiro atoms. The van der Waals surface area contributed by atoms with E-state index in [0.29, 0.717) is 30.6 Å². The highest BCUT2D eigenvalue weighted by Gasteiger charge is 2.35. The number of rotatable bonds is 6. The number of nitrogens with zero attached hydrogens (tertiary/aromatic N) is 2. The summed E-state index contributed by atoms with van der Waals surface area (Å²) in [6, 6.07) is -0.427. The minimum atomic E-state index is -0.774. The van der Waals surface area contributed by atoms with Crippen molar-refractivity contribution in [3.05, 3.63) is 11.7 Å². The van der Waals surface area contributed by atoms with Crippen molar-refractivity contribution in [2.24, 2.45) is 5.92 Å². The van der Waals surface area contributed by atoms with Crippen LogP contribution < -0.4 is 5.32 Å². The Labute approximate surface area is 93.0 Å². The monoisotopic (exact) mass is 225 g/mol. The molecule has 16 heavy (non-hydrogen) atoms. The van der Waals surface area contributed by atoms with Crippen LogP contribution in [0.4, 0.5) is 0 Å². The van der Waals surface area contributed by atoms with Gasteiger partial charge in [-0.2, -0.15) is 4.98 Å². The highest BCUT2D eigenvalue weighted by Crippen LogP contribution is 2.32. The molecule has 0 radical (unpaired) electrons. The van der Waals surface area contributed by atoms with Crippen molar-refractivity contribution in [2.45, 2.75) is 32.2 Å². The molecule has 88 valence electrons. The zero-order valence-electron chi connectivity index (χ0n) is 9.14. The number of nitrogens with one attached hydrogen (secondary N) is 1. The molecule has 1 aliphatic rings. The van der Waals surface area contributed by atoms with Crippen LogP contribution in [0.2, 0.25) is 0 Å². The van der Waals surface area contributed by atoms with Gasteiger partial charge in [0.05, 0.1) is 0 Å². The zero-order valence-corrected chi connectivity index (χ0v) is 9.14. The van der Waals surface area contributed by atoms with E-state index in [1.165, 1.54) is 0 Å². The maximum atomic E-state index is 10.9. The number of aliphatic carboxylic acids is 1. The first kappa shape index (κ1) is 11.1. The molecule has 0 amide bonds. The number of aromatic nitrogens is 2. The molecule has 0 bridgehead atoms. The molecule has 2 N–H and O–H groups in total. The van der Waals surface area contributed by atoms with Gasteiger partial charge in [-0.3, -0.25) is 4.79 Å². The first-order valence-electron chi connectivity index (χ1n) is 5.42. The lowest BCUT2D eigenvalue weighted by Gasteiger charge is -2.11. The summed E-state index contributed by atoms with van der Waals surface area (Å²) in [5, 5.41) is 15.6. The Kier molecular flexibility index (Phi) is 3.19. The van der Waals surface area contributed by atoms with Gasteiger partial charge in [0, 0.05) is 13.0 Å². The number of carbonyl (C=O) groups is 1. The predicted octanol–water partition coefficient (Wildman–Crippen LogP) is 0.373. The number of hydrogen-bond acceptors (Lipinski definition) is 5. The third kappa shape index (κ3) is 2.79. The van der Waals surface area contributed by atoms with Crippen LogP contribution in [-0.2, 0) is 11.2 Å². The molecule has 1 saturated carbocycles. The van der Waals surface area contributed by atoms with Gasteiger partial charge >= 0.3 is 5.97 Å². The smallest absolute Gasteiger partial charge is 0.320 e. The lowest BCUT2D eigenvalue weighted by atomic mass is 10.2. The Bertz CT molecular complexity index is 373. The van der Waals surface area contributed by atoms with Crippen LogP contribution in [0, 0.1) is 12.8 Å². The first-order chi connectivity index (χ1) is 7.66. The molecule has 1 aromatic heterocycles. The van der Waals surface area contributed by atoms with Crippen LogP contribution in [0.25, 0.3) is 0 Å². The molecule has 1 aliphatic carbocycles. The highest BCUT2D eigenvalue weighted by atomic mass is 16.5. The fraction of sp³-hybridized carbons (Fsp3) is 0.700. The third-order valence-corrected chi connectivity index (χ3v) is 2.63. The molecule has 1 unspecified atom stereocenters. The van der Waals surface area contributed by atoms with E-state index >= 15 is 0 Å².